The van der Waals surface area contributed by atoms with Crippen molar-refractivity contribution in [2.45, 2.75) is 0 Å². The monoisotopic (exact) mass is 627 g/mol. The minimum Gasteiger partial charge on any atom is -0.456 e. The summed E-state index contributed by atoms with van der Waals surface area (Å²) in [6.07, 6.45) is 0. The normalized spacial score (nSPS) is 11.3. The van der Waals surface area contributed by atoms with Crippen molar-refractivity contribution in [3.05, 3.63) is 176 Å². The highest BCUT2D eigenvalue weighted by molar-refractivity contribution is 6.13. The lowest BCUT2D eigenvalue weighted by Crippen LogP contribution is -2.00. The third kappa shape index (κ3) is 5.26. The number of nitrogens with zero attached hydrogens (tertiary/aromatic N) is 3. The molecule has 4 nitrogen and oxygen atoms in total. The molecule has 49 heavy (non-hydrogen) atoms. The van der Waals surface area contributed by atoms with Crippen molar-refractivity contribution >= 4 is 21.9 Å². The molecule has 4 heteroatoms. The van der Waals surface area contributed by atoms with Crippen molar-refractivity contribution < 1.29 is 4.42 Å². The smallest absolute Gasteiger partial charge is 0.164 e. The fraction of sp³-hybridized carbons (Fsp3) is 0. The standard InChI is InChI=1S/C45H29N3O/c1-5-15-30(16-6-1)35-23-13-24-36(41(35)31-17-7-2-8-18-31)34-27-28-39-38(29-34)42-37(25-14-26-40(42)49-39)45-47-43(32-19-9-3-10-20-32)46-44(48-45)33-21-11-4-12-22-33/h1-29H. The van der Waals surface area contributed by atoms with Gasteiger partial charge in [-0.25, -0.2) is 15.0 Å². The molecule has 0 amide bonds. The van der Waals surface area contributed by atoms with Crippen LogP contribution in [0.2, 0.25) is 0 Å². The highest BCUT2D eigenvalue weighted by Crippen LogP contribution is 2.43. The zero-order valence-corrected chi connectivity index (χ0v) is 26.5. The number of furan rings is 1. The first-order valence-corrected chi connectivity index (χ1v) is 16.4. The molecule has 7 aromatic carbocycles. The highest BCUT2D eigenvalue weighted by Gasteiger charge is 2.20. The molecule has 0 spiro atoms. The fourth-order valence-electron chi connectivity index (χ4n) is 6.68. The summed E-state index contributed by atoms with van der Waals surface area (Å²) in [4.78, 5) is 15.0. The van der Waals surface area contributed by atoms with Gasteiger partial charge in [0.25, 0.3) is 0 Å². The van der Waals surface area contributed by atoms with E-state index >= 15 is 0 Å². The molecule has 0 bridgehead atoms. The zero-order chi connectivity index (χ0) is 32.6. The average Bonchev–Trinajstić information content (AvgIpc) is 3.57. The van der Waals surface area contributed by atoms with E-state index in [9.17, 15) is 0 Å². The molecule has 0 atom stereocenters. The quantitative estimate of drug-likeness (QED) is 0.184. The Balaban J connectivity index is 1.27. The van der Waals surface area contributed by atoms with Crippen molar-refractivity contribution in [3.63, 3.8) is 0 Å². The number of rotatable bonds is 6. The van der Waals surface area contributed by atoms with Gasteiger partial charge in [0.1, 0.15) is 11.2 Å². The van der Waals surface area contributed by atoms with E-state index in [4.69, 9.17) is 19.4 Å². The van der Waals surface area contributed by atoms with Crippen LogP contribution in [0.4, 0.5) is 0 Å². The molecule has 0 unspecified atom stereocenters. The van der Waals surface area contributed by atoms with E-state index in [0.29, 0.717) is 17.5 Å². The van der Waals surface area contributed by atoms with Gasteiger partial charge in [-0.05, 0) is 51.6 Å². The summed E-state index contributed by atoms with van der Waals surface area (Å²) >= 11 is 0. The largest absolute Gasteiger partial charge is 0.456 e. The molecule has 0 saturated heterocycles. The minimum atomic E-state index is 0.599. The number of aromatic nitrogens is 3. The third-order valence-electron chi connectivity index (χ3n) is 8.96. The van der Waals surface area contributed by atoms with E-state index in [-0.39, 0.29) is 0 Å². The highest BCUT2D eigenvalue weighted by atomic mass is 16.3. The van der Waals surface area contributed by atoms with Crippen LogP contribution in [0.5, 0.6) is 0 Å². The van der Waals surface area contributed by atoms with Crippen molar-refractivity contribution in [2.24, 2.45) is 0 Å². The second-order valence-electron chi connectivity index (χ2n) is 12.0. The maximum atomic E-state index is 6.47. The van der Waals surface area contributed by atoms with Crippen molar-refractivity contribution in [1.82, 2.24) is 15.0 Å². The van der Waals surface area contributed by atoms with Crippen LogP contribution in [0.3, 0.4) is 0 Å². The van der Waals surface area contributed by atoms with Crippen molar-refractivity contribution in [2.75, 3.05) is 0 Å². The Hall–Kier alpha value is -6.65. The van der Waals surface area contributed by atoms with E-state index in [1.54, 1.807) is 0 Å². The number of fused-ring (bicyclic) bond motifs is 3. The first-order chi connectivity index (χ1) is 24.3. The van der Waals surface area contributed by atoms with Crippen LogP contribution in [0.1, 0.15) is 0 Å². The maximum absolute atomic E-state index is 6.47. The number of hydrogen-bond donors (Lipinski definition) is 0. The Labute approximate surface area is 284 Å². The van der Waals surface area contributed by atoms with E-state index < -0.39 is 0 Å². The summed E-state index contributed by atoms with van der Waals surface area (Å²) in [6, 6.07) is 60.5. The third-order valence-corrected chi connectivity index (χ3v) is 8.96. The molecule has 9 aromatic rings. The average molecular weight is 628 g/mol. The molecular weight excluding hydrogens is 599 g/mol. The lowest BCUT2D eigenvalue weighted by atomic mass is 9.87. The summed E-state index contributed by atoms with van der Waals surface area (Å²) in [7, 11) is 0. The zero-order valence-electron chi connectivity index (χ0n) is 26.5. The van der Waals surface area contributed by atoms with E-state index in [2.05, 4.69) is 103 Å². The van der Waals surface area contributed by atoms with Crippen LogP contribution in [0.15, 0.2) is 180 Å². The van der Waals surface area contributed by atoms with Crippen molar-refractivity contribution in [1.29, 1.82) is 0 Å². The van der Waals surface area contributed by atoms with Gasteiger partial charge in [-0.2, -0.15) is 0 Å². The molecule has 230 valence electrons. The Bertz CT molecular complexity index is 2520. The molecule has 0 radical (unpaired) electrons. The topological polar surface area (TPSA) is 51.8 Å². The van der Waals surface area contributed by atoms with Gasteiger partial charge in [0, 0.05) is 27.5 Å². The maximum Gasteiger partial charge on any atom is 0.164 e. The Morgan fingerprint density at radius 1 is 0.327 bits per heavy atom. The Morgan fingerprint density at radius 3 is 1.43 bits per heavy atom. The Morgan fingerprint density at radius 2 is 0.816 bits per heavy atom. The van der Waals surface area contributed by atoms with Gasteiger partial charge in [0.05, 0.1) is 0 Å². The van der Waals surface area contributed by atoms with Crippen LogP contribution >= 0.6 is 0 Å². The van der Waals surface area contributed by atoms with E-state index in [1.165, 1.54) is 22.3 Å². The molecule has 0 aliphatic heterocycles. The summed E-state index contributed by atoms with van der Waals surface area (Å²) in [5.74, 6) is 1.85. The summed E-state index contributed by atoms with van der Waals surface area (Å²) in [5.41, 5.74) is 11.3. The van der Waals surface area contributed by atoms with Gasteiger partial charge >= 0.3 is 0 Å². The second-order valence-corrected chi connectivity index (χ2v) is 12.0. The van der Waals surface area contributed by atoms with Crippen LogP contribution in [0, 0.1) is 0 Å². The van der Waals surface area contributed by atoms with Gasteiger partial charge in [-0.15, -0.1) is 0 Å². The van der Waals surface area contributed by atoms with Crippen LogP contribution in [0.25, 0.3) is 89.5 Å². The fourth-order valence-corrected chi connectivity index (χ4v) is 6.68. The second kappa shape index (κ2) is 12.2. The predicted octanol–water partition coefficient (Wildman–Crippen LogP) is 11.8. The predicted molar refractivity (Wildman–Crippen MR) is 200 cm³/mol. The van der Waals surface area contributed by atoms with Crippen LogP contribution in [-0.4, -0.2) is 15.0 Å². The molecule has 0 aliphatic carbocycles. The molecule has 9 rings (SSSR count). The molecule has 0 aliphatic rings. The molecule has 0 saturated carbocycles. The molecular formula is C45H29N3O. The van der Waals surface area contributed by atoms with E-state index in [0.717, 1.165) is 49.8 Å². The first-order valence-electron chi connectivity index (χ1n) is 16.4. The first kappa shape index (κ1) is 28.6. The number of benzene rings is 7. The van der Waals surface area contributed by atoms with Crippen LogP contribution < -0.4 is 0 Å². The molecule has 2 heterocycles. The molecule has 0 N–H and O–H groups in total. The summed E-state index contributed by atoms with van der Waals surface area (Å²) in [5, 5.41) is 1.99. The lowest BCUT2D eigenvalue weighted by molar-refractivity contribution is 0.669. The van der Waals surface area contributed by atoms with Gasteiger partial charge in [0.2, 0.25) is 0 Å². The van der Waals surface area contributed by atoms with Gasteiger partial charge in [-0.1, -0.05) is 158 Å². The van der Waals surface area contributed by atoms with Gasteiger partial charge in [0.15, 0.2) is 17.5 Å². The lowest BCUT2D eigenvalue weighted by Gasteiger charge is -2.16. The SMILES string of the molecule is c1ccc(-c2nc(-c3ccccc3)nc(-c3cccc4oc5ccc(-c6cccc(-c7ccccc7)c6-c6ccccc6)cc5c34)n2)cc1. The van der Waals surface area contributed by atoms with Gasteiger partial charge in [-0.3, -0.25) is 0 Å². The van der Waals surface area contributed by atoms with E-state index in [1.807, 2.05) is 72.8 Å². The van der Waals surface area contributed by atoms with Crippen molar-refractivity contribution in [3.8, 4) is 67.5 Å². The van der Waals surface area contributed by atoms with Crippen LogP contribution in [-0.2, 0) is 0 Å². The number of hydrogen-bond acceptors (Lipinski definition) is 4. The summed E-state index contributed by atoms with van der Waals surface area (Å²) < 4.78 is 6.47. The van der Waals surface area contributed by atoms with Gasteiger partial charge < -0.3 is 4.42 Å². The molecule has 0 fully saturated rings. The summed E-state index contributed by atoms with van der Waals surface area (Å²) in [6.45, 7) is 0. The molecule has 2 aromatic heterocycles. The Kier molecular flexibility index (Phi) is 7.10. The minimum absolute atomic E-state index is 0.599.